The molecule has 1 saturated heterocycles. The normalized spacial score (nSPS) is 16.1. The highest BCUT2D eigenvalue weighted by Crippen LogP contribution is 2.31. The topological polar surface area (TPSA) is 84.0 Å². The van der Waals surface area contributed by atoms with E-state index in [1.54, 1.807) is 54.6 Å². The lowest BCUT2D eigenvalue weighted by molar-refractivity contribution is -0.122. The highest BCUT2D eigenvalue weighted by atomic mass is 35.5. The molecule has 188 valence electrons. The molecular formula is C27H27ClN2O5S. The zero-order valence-corrected chi connectivity index (χ0v) is 21.6. The Kier molecular flexibility index (Phi) is 7.78. The van der Waals surface area contributed by atoms with Crippen LogP contribution in [-0.4, -0.2) is 43.7 Å². The molecule has 0 N–H and O–H groups in total. The summed E-state index contributed by atoms with van der Waals surface area (Å²) in [5, 5.41) is 0.536. The van der Waals surface area contributed by atoms with Crippen LogP contribution in [0.3, 0.4) is 0 Å². The lowest BCUT2D eigenvalue weighted by Gasteiger charge is -2.27. The number of carbonyl (C=O) groups is 2. The molecule has 1 aliphatic rings. The first-order valence-corrected chi connectivity index (χ1v) is 13.4. The highest BCUT2D eigenvalue weighted by molar-refractivity contribution is 7.89. The van der Waals surface area contributed by atoms with Gasteiger partial charge in [0.2, 0.25) is 15.9 Å². The van der Waals surface area contributed by atoms with E-state index in [0.29, 0.717) is 29.5 Å². The molecule has 2 amide bonds. The first-order chi connectivity index (χ1) is 17.2. The number of rotatable bonds is 9. The van der Waals surface area contributed by atoms with E-state index in [0.717, 1.165) is 20.3 Å². The van der Waals surface area contributed by atoms with E-state index in [-0.39, 0.29) is 17.9 Å². The van der Waals surface area contributed by atoms with Crippen molar-refractivity contribution < 1.29 is 22.7 Å². The van der Waals surface area contributed by atoms with E-state index in [4.69, 9.17) is 16.3 Å². The fraction of sp³-hybridized carbons (Fsp3) is 0.259. The van der Waals surface area contributed by atoms with Crippen molar-refractivity contribution >= 4 is 39.1 Å². The van der Waals surface area contributed by atoms with E-state index in [1.807, 2.05) is 19.9 Å². The molecule has 9 heteroatoms. The van der Waals surface area contributed by atoms with Crippen LogP contribution in [0.15, 0.2) is 77.7 Å². The third kappa shape index (κ3) is 5.46. The van der Waals surface area contributed by atoms with Gasteiger partial charge >= 0.3 is 0 Å². The van der Waals surface area contributed by atoms with Gasteiger partial charge in [0.15, 0.2) is 0 Å². The summed E-state index contributed by atoms with van der Waals surface area (Å²) in [6.45, 7) is 4.22. The molecule has 0 radical (unpaired) electrons. The number of amides is 2. The van der Waals surface area contributed by atoms with Crippen molar-refractivity contribution in [1.29, 1.82) is 0 Å². The second-order valence-corrected chi connectivity index (χ2v) is 10.8. The Morgan fingerprint density at radius 3 is 2.36 bits per heavy atom. The van der Waals surface area contributed by atoms with Crippen LogP contribution in [0.25, 0.3) is 0 Å². The summed E-state index contributed by atoms with van der Waals surface area (Å²) in [5.41, 5.74) is 2.11. The summed E-state index contributed by atoms with van der Waals surface area (Å²) in [7, 11) is -4.08. The minimum absolute atomic E-state index is 0.0113. The fourth-order valence-electron chi connectivity index (χ4n) is 4.19. The third-order valence-electron chi connectivity index (χ3n) is 6.01. The van der Waals surface area contributed by atoms with Gasteiger partial charge in [-0.1, -0.05) is 41.4 Å². The zero-order chi connectivity index (χ0) is 25.9. The number of anilines is 1. The number of imide groups is 1. The predicted molar refractivity (Wildman–Crippen MR) is 139 cm³/mol. The van der Waals surface area contributed by atoms with Gasteiger partial charge in [-0.3, -0.25) is 9.59 Å². The smallest absolute Gasteiger partial charge is 0.252 e. The molecule has 1 heterocycles. The molecule has 3 aromatic rings. The first kappa shape index (κ1) is 25.9. The van der Waals surface area contributed by atoms with Crippen molar-refractivity contribution in [3.05, 3.63) is 88.9 Å². The molecule has 0 aliphatic carbocycles. The molecule has 3 aromatic carbocycles. The Morgan fingerprint density at radius 2 is 1.72 bits per heavy atom. The number of aryl methyl sites for hydroxylation is 1. The van der Waals surface area contributed by atoms with Gasteiger partial charge in [-0.2, -0.15) is 4.31 Å². The quantitative estimate of drug-likeness (QED) is 0.380. The van der Waals surface area contributed by atoms with Crippen LogP contribution in [0.2, 0.25) is 5.02 Å². The standard InChI is InChI=1S/C27H27ClN2O5S/c1-3-35-23-11-9-22(10-12-23)30-26(31)18-25(27(30)32)29(16-15-20-5-4-6-21(28)17-20)36(33,34)24-13-7-19(2)8-14-24/h4-14,17,25H,3,15-16,18H2,1-2H3. The van der Waals surface area contributed by atoms with Gasteiger partial charge < -0.3 is 4.74 Å². The van der Waals surface area contributed by atoms with Crippen LogP contribution in [-0.2, 0) is 26.0 Å². The predicted octanol–water partition coefficient (Wildman–Crippen LogP) is 4.61. The maximum absolute atomic E-state index is 13.7. The van der Waals surface area contributed by atoms with Crippen molar-refractivity contribution in [3.63, 3.8) is 0 Å². The molecule has 0 bridgehead atoms. The summed E-state index contributed by atoms with van der Waals surface area (Å²) in [4.78, 5) is 27.6. The molecule has 1 aliphatic heterocycles. The molecule has 1 fully saturated rings. The average Bonchev–Trinajstić information content (AvgIpc) is 3.13. The molecule has 0 aromatic heterocycles. The number of halogens is 1. The van der Waals surface area contributed by atoms with Crippen molar-refractivity contribution in [2.24, 2.45) is 0 Å². The van der Waals surface area contributed by atoms with Crippen LogP contribution in [0, 0.1) is 6.92 Å². The summed E-state index contributed by atoms with van der Waals surface area (Å²) >= 11 is 6.10. The minimum Gasteiger partial charge on any atom is -0.494 e. The summed E-state index contributed by atoms with van der Waals surface area (Å²) in [5.74, 6) is -0.422. The number of sulfonamides is 1. The molecule has 7 nitrogen and oxygen atoms in total. The van der Waals surface area contributed by atoms with Crippen molar-refractivity contribution in [1.82, 2.24) is 4.31 Å². The van der Waals surface area contributed by atoms with Gasteiger partial charge in [0.05, 0.1) is 23.6 Å². The third-order valence-corrected chi connectivity index (χ3v) is 8.17. The Morgan fingerprint density at radius 1 is 1.03 bits per heavy atom. The number of carbonyl (C=O) groups excluding carboxylic acids is 2. The molecular weight excluding hydrogens is 500 g/mol. The van der Waals surface area contributed by atoms with Gasteiger partial charge in [0.25, 0.3) is 5.91 Å². The number of hydrogen-bond donors (Lipinski definition) is 0. The molecule has 1 unspecified atom stereocenters. The van der Waals surface area contributed by atoms with Crippen LogP contribution < -0.4 is 9.64 Å². The number of ether oxygens (including phenoxy) is 1. The van der Waals surface area contributed by atoms with E-state index < -0.39 is 27.9 Å². The van der Waals surface area contributed by atoms with E-state index in [9.17, 15) is 18.0 Å². The van der Waals surface area contributed by atoms with Gasteiger partial charge in [-0.05, 0) is 74.4 Å². The lowest BCUT2D eigenvalue weighted by Crippen LogP contribution is -2.46. The Balaban J connectivity index is 1.67. The molecule has 0 spiro atoms. The average molecular weight is 527 g/mol. The van der Waals surface area contributed by atoms with Crippen LogP contribution in [0.1, 0.15) is 24.5 Å². The maximum Gasteiger partial charge on any atom is 0.252 e. The van der Waals surface area contributed by atoms with Gasteiger partial charge in [0, 0.05) is 11.6 Å². The summed E-state index contributed by atoms with van der Waals surface area (Å²) < 4.78 is 34.0. The second-order valence-electron chi connectivity index (χ2n) is 8.52. The molecule has 1 atom stereocenters. The Labute approximate surface area is 216 Å². The van der Waals surface area contributed by atoms with Crippen molar-refractivity contribution in [3.8, 4) is 5.75 Å². The van der Waals surface area contributed by atoms with Crippen molar-refractivity contribution in [2.75, 3.05) is 18.1 Å². The van der Waals surface area contributed by atoms with Crippen LogP contribution in [0.5, 0.6) is 5.75 Å². The van der Waals surface area contributed by atoms with E-state index >= 15 is 0 Å². The van der Waals surface area contributed by atoms with Gasteiger partial charge in [0.1, 0.15) is 11.8 Å². The summed E-state index contributed by atoms with van der Waals surface area (Å²) in [6.07, 6.45) is 0.0827. The molecule has 36 heavy (non-hydrogen) atoms. The maximum atomic E-state index is 13.7. The van der Waals surface area contributed by atoms with E-state index in [2.05, 4.69) is 0 Å². The highest BCUT2D eigenvalue weighted by Gasteiger charge is 2.46. The Bertz CT molecular complexity index is 1360. The van der Waals surface area contributed by atoms with Crippen LogP contribution >= 0.6 is 11.6 Å². The Hall–Kier alpha value is -3.20. The van der Waals surface area contributed by atoms with E-state index in [1.165, 1.54) is 12.1 Å². The lowest BCUT2D eigenvalue weighted by atomic mass is 10.1. The SMILES string of the molecule is CCOc1ccc(N2C(=O)CC(N(CCc3cccc(Cl)c3)S(=O)(=O)c3ccc(C)cc3)C2=O)cc1. The van der Waals surface area contributed by atoms with Gasteiger partial charge in [-0.15, -0.1) is 0 Å². The monoisotopic (exact) mass is 526 g/mol. The molecule has 4 rings (SSSR count). The largest absolute Gasteiger partial charge is 0.494 e. The second kappa shape index (κ2) is 10.8. The number of nitrogens with zero attached hydrogens (tertiary/aromatic N) is 2. The zero-order valence-electron chi connectivity index (χ0n) is 20.1. The molecule has 0 saturated carbocycles. The minimum atomic E-state index is -4.08. The fourth-order valence-corrected chi connectivity index (χ4v) is 5.99. The van der Waals surface area contributed by atoms with Gasteiger partial charge in [-0.25, -0.2) is 13.3 Å². The van der Waals surface area contributed by atoms with Crippen molar-refractivity contribution in [2.45, 2.75) is 37.6 Å². The number of hydrogen-bond acceptors (Lipinski definition) is 5. The van der Waals surface area contributed by atoms with Crippen LogP contribution in [0.4, 0.5) is 5.69 Å². The first-order valence-electron chi connectivity index (χ1n) is 11.6. The summed E-state index contributed by atoms with van der Waals surface area (Å²) in [6, 6.07) is 19.0. The number of benzene rings is 3.